The Balaban J connectivity index is 1.47. The van der Waals surface area contributed by atoms with Crippen LogP contribution in [0.5, 0.6) is 0 Å². The fraction of sp³-hybridized carbons (Fsp3) is 0.529. The lowest BCUT2D eigenvalue weighted by molar-refractivity contribution is -0.121. The number of nitrogens with one attached hydrogen (secondary N) is 1. The molecule has 6 heteroatoms. The molecule has 0 spiro atoms. The number of amidine groups is 1. The third-order valence-corrected chi connectivity index (χ3v) is 6.02. The van der Waals surface area contributed by atoms with Crippen LogP contribution in [-0.4, -0.2) is 54.2 Å². The van der Waals surface area contributed by atoms with Crippen molar-refractivity contribution in [3.8, 4) is 0 Å². The van der Waals surface area contributed by atoms with Crippen molar-refractivity contribution in [2.75, 3.05) is 37.6 Å². The molecule has 1 aromatic carbocycles. The van der Waals surface area contributed by atoms with Crippen LogP contribution in [0.4, 0.5) is 5.69 Å². The fourth-order valence-electron chi connectivity index (χ4n) is 3.63. The molecule has 0 saturated carbocycles. The molecule has 0 aliphatic carbocycles. The first kappa shape index (κ1) is 15.2. The van der Waals surface area contributed by atoms with Crippen molar-refractivity contribution in [3.05, 3.63) is 24.3 Å². The zero-order valence-electron chi connectivity index (χ0n) is 13.4. The predicted molar refractivity (Wildman–Crippen MR) is 94.2 cm³/mol. The summed E-state index contributed by atoms with van der Waals surface area (Å²) >= 11 is 1.61. The first-order chi connectivity index (χ1) is 11.2. The quantitative estimate of drug-likeness (QED) is 0.914. The molecule has 1 atom stereocenters. The molecule has 4 rings (SSSR count). The van der Waals surface area contributed by atoms with Crippen LogP contribution < -0.4 is 10.2 Å². The van der Waals surface area contributed by atoms with Gasteiger partial charge in [0, 0.05) is 31.1 Å². The number of hydrogen-bond donors (Lipinski definition) is 1. The molecule has 1 unspecified atom stereocenters. The number of anilines is 1. The number of para-hydroxylation sites is 1. The van der Waals surface area contributed by atoms with E-state index >= 15 is 0 Å². The van der Waals surface area contributed by atoms with Crippen molar-refractivity contribution in [1.29, 1.82) is 0 Å². The number of aliphatic imine (C=N–C) groups is 1. The second-order valence-electron chi connectivity index (χ2n) is 6.57. The van der Waals surface area contributed by atoms with E-state index in [4.69, 9.17) is 0 Å². The van der Waals surface area contributed by atoms with Gasteiger partial charge in [0.25, 0.3) is 5.91 Å². The molecule has 5 nitrogen and oxygen atoms in total. The minimum absolute atomic E-state index is 0.00909. The molecule has 0 bridgehead atoms. The Morgan fingerprint density at radius 1 is 1.30 bits per heavy atom. The fourth-order valence-corrected chi connectivity index (χ4v) is 4.76. The standard InChI is InChI=1S/C17H22N4OS/c1-17(7-4-10-20-11-8-18-9-12-20)15(22)19-16-21(17)13-5-2-3-6-14(13)23-16/h2-3,5-6,18H,4,7-12H2,1H3. The van der Waals surface area contributed by atoms with Gasteiger partial charge in [0.15, 0.2) is 5.17 Å². The molecule has 1 saturated heterocycles. The van der Waals surface area contributed by atoms with Gasteiger partial charge in [-0.15, -0.1) is 0 Å². The van der Waals surface area contributed by atoms with Gasteiger partial charge in [-0.25, -0.2) is 0 Å². The van der Waals surface area contributed by atoms with Gasteiger partial charge in [0.05, 0.1) is 5.69 Å². The van der Waals surface area contributed by atoms with E-state index in [1.165, 1.54) is 4.90 Å². The van der Waals surface area contributed by atoms with Crippen LogP contribution in [0.3, 0.4) is 0 Å². The molecule has 1 amide bonds. The molecule has 0 aromatic heterocycles. The first-order valence-corrected chi connectivity index (χ1v) is 9.13. The van der Waals surface area contributed by atoms with E-state index in [9.17, 15) is 4.79 Å². The summed E-state index contributed by atoms with van der Waals surface area (Å²) in [5, 5.41) is 4.22. The van der Waals surface area contributed by atoms with Crippen LogP contribution in [-0.2, 0) is 4.79 Å². The van der Waals surface area contributed by atoms with Crippen molar-refractivity contribution >= 4 is 28.5 Å². The van der Waals surface area contributed by atoms with Crippen LogP contribution in [0.2, 0.25) is 0 Å². The number of hydrogen-bond acceptors (Lipinski definition) is 5. The lowest BCUT2D eigenvalue weighted by atomic mass is 9.93. The van der Waals surface area contributed by atoms with Crippen molar-refractivity contribution in [2.45, 2.75) is 30.2 Å². The summed E-state index contributed by atoms with van der Waals surface area (Å²) in [6.07, 6.45) is 1.87. The van der Waals surface area contributed by atoms with E-state index in [1.54, 1.807) is 11.8 Å². The van der Waals surface area contributed by atoms with Crippen molar-refractivity contribution in [3.63, 3.8) is 0 Å². The monoisotopic (exact) mass is 330 g/mol. The van der Waals surface area contributed by atoms with E-state index in [0.29, 0.717) is 0 Å². The number of fused-ring (bicyclic) bond motifs is 3. The highest BCUT2D eigenvalue weighted by molar-refractivity contribution is 8.14. The van der Waals surface area contributed by atoms with E-state index in [0.717, 1.165) is 56.4 Å². The van der Waals surface area contributed by atoms with Gasteiger partial charge in [-0.05, 0) is 50.2 Å². The van der Waals surface area contributed by atoms with Gasteiger partial charge in [-0.3, -0.25) is 4.79 Å². The molecule has 3 aliphatic heterocycles. The van der Waals surface area contributed by atoms with Crippen LogP contribution in [0.15, 0.2) is 34.2 Å². The van der Waals surface area contributed by atoms with Gasteiger partial charge in [0.2, 0.25) is 0 Å². The minimum atomic E-state index is -0.525. The molecule has 1 N–H and O–H groups in total. The molecular weight excluding hydrogens is 308 g/mol. The van der Waals surface area contributed by atoms with Crippen molar-refractivity contribution in [1.82, 2.24) is 10.2 Å². The molecule has 122 valence electrons. The highest BCUT2D eigenvalue weighted by atomic mass is 32.2. The van der Waals surface area contributed by atoms with E-state index in [-0.39, 0.29) is 5.91 Å². The first-order valence-electron chi connectivity index (χ1n) is 8.32. The van der Waals surface area contributed by atoms with Gasteiger partial charge < -0.3 is 15.1 Å². The Bertz CT molecular complexity index is 656. The molecule has 1 fully saturated rings. The lowest BCUT2D eigenvalue weighted by Gasteiger charge is -2.34. The molecule has 23 heavy (non-hydrogen) atoms. The lowest BCUT2D eigenvalue weighted by Crippen LogP contribution is -2.49. The number of thioether (sulfide) groups is 1. The molecule has 0 radical (unpaired) electrons. The summed E-state index contributed by atoms with van der Waals surface area (Å²) in [6.45, 7) is 7.46. The van der Waals surface area contributed by atoms with E-state index in [1.807, 2.05) is 19.1 Å². The van der Waals surface area contributed by atoms with Gasteiger partial charge in [-0.1, -0.05) is 12.1 Å². The smallest absolute Gasteiger partial charge is 0.274 e. The van der Waals surface area contributed by atoms with Crippen LogP contribution in [0.25, 0.3) is 0 Å². The molecular formula is C17H22N4OS. The summed E-state index contributed by atoms with van der Waals surface area (Å²) in [5.41, 5.74) is 0.606. The normalized spacial score (nSPS) is 27.1. The summed E-state index contributed by atoms with van der Waals surface area (Å²) in [4.78, 5) is 22.7. The van der Waals surface area contributed by atoms with E-state index < -0.39 is 5.54 Å². The van der Waals surface area contributed by atoms with Crippen LogP contribution >= 0.6 is 11.8 Å². The number of piperazine rings is 1. The topological polar surface area (TPSA) is 47.9 Å². The summed E-state index contributed by atoms with van der Waals surface area (Å²) < 4.78 is 0. The number of nitrogens with zero attached hydrogens (tertiary/aromatic N) is 3. The number of carbonyl (C=O) groups excluding carboxylic acids is 1. The maximum absolute atomic E-state index is 12.5. The predicted octanol–water partition coefficient (Wildman–Crippen LogP) is 1.94. The maximum Gasteiger partial charge on any atom is 0.274 e. The Morgan fingerprint density at radius 2 is 2.09 bits per heavy atom. The number of amides is 1. The van der Waals surface area contributed by atoms with Gasteiger partial charge >= 0.3 is 0 Å². The summed E-state index contributed by atoms with van der Waals surface area (Å²) in [6, 6.07) is 8.27. The Hall–Kier alpha value is -1.37. The summed E-state index contributed by atoms with van der Waals surface area (Å²) in [7, 11) is 0. The second-order valence-corrected chi connectivity index (χ2v) is 7.58. The number of benzene rings is 1. The van der Waals surface area contributed by atoms with Gasteiger partial charge in [-0.2, -0.15) is 4.99 Å². The Labute approximate surface area is 141 Å². The Morgan fingerprint density at radius 3 is 2.91 bits per heavy atom. The third-order valence-electron chi connectivity index (χ3n) is 5.00. The Kier molecular flexibility index (Phi) is 3.91. The molecule has 3 heterocycles. The van der Waals surface area contributed by atoms with Crippen molar-refractivity contribution in [2.24, 2.45) is 4.99 Å². The van der Waals surface area contributed by atoms with Crippen LogP contribution in [0, 0.1) is 0 Å². The zero-order valence-corrected chi connectivity index (χ0v) is 14.2. The molecule has 1 aromatic rings. The number of rotatable bonds is 4. The van der Waals surface area contributed by atoms with Crippen molar-refractivity contribution < 1.29 is 4.79 Å². The van der Waals surface area contributed by atoms with Gasteiger partial charge in [0.1, 0.15) is 5.54 Å². The van der Waals surface area contributed by atoms with Crippen LogP contribution in [0.1, 0.15) is 19.8 Å². The highest BCUT2D eigenvalue weighted by Gasteiger charge is 2.50. The third kappa shape index (κ3) is 2.58. The maximum atomic E-state index is 12.5. The second kappa shape index (κ2) is 5.92. The number of carbonyl (C=O) groups is 1. The zero-order chi connectivity index (χ0) is 15.9. The SMILES string of the molecule is CC1(CCCN2CCNCC2)C(=O)N=C2Sc3ccccc3N21. The molecule has 3 aliphatic rings. The highest BCUT2D eigenvalue weighted by Crippen LogP contribution is 2.48. The van der Waals surface area contributed by atoms with E-state index in [2.05, 4.69) is 32.2 Å². The average molecular weight is 330 g/mol. The summed E-state index contributed by atoms with van der Waals surface area (Å²) in [5.74, 6) is 0.00909. The largest absolute Gasteiger partial charge is 0.314 e. The minimum Gasteiger partial charge on any atom is -0.314 e. The average Bonchev–Trinajstić information content (AvgIpc) is 3.04.